The highest BCUT2D eigenvalue weighted by atomic mass is 32.1. The minimum absolute atomic E-state index is 0.128. The van der Waals surface area contributed by atoms with Crippen LogP contribution in [0.3, 0.4) is 0 Å². The first-order valence-electron chi connectivity index (χ1n) is 8.23. The van der Waals surface area contributed by atoms with E-state index in [1.165, 1.54) is 11.3 Å². The highest BCUT2D eigenvalue weighted by Gasteiger charge is 2.13. The Kier molecular flexibility index (Phi) is 5.32. The Labute approximate surface area is 154 Å². The number of thiophene rings is 1. The van der Waals surface area contributed by atoms with Crippen molar-refractivity contribution in [3.63, 3.8) is 0 Å². The number of carbonyl (C=O) groups excluding carboxylic acids is 1. The third-order valence-electron chi connectivity index (χ3n) is 4.20. The fourth-order valence-electron chi connectivity index (χ4n) is 2.67. The molecule has 0 spiro atoms. The minimum Gasteiger partial charge on any atom is -0.481 e. The van der Waals surface area contributed by atoms with Crippen molar-refractivity contribution in [2.45, 2.75) is 33.2 Å². The van der Waals surface area contributed by atoms with E-state index in [9.17, 15) is 9.59 Å². The molecule has 26 heavy (non-hydrogen) atoms. The van der Waals surface area contributed by atoms with Crippen LogP contribution in [0.4, 0.5) is 0 Å². The molecule has 3 rings (SSSR count). The van der Waals surface area contributed by atoms with Crippen molar-refractivity contribution in [3.8, 4) is 5.88 Å². The van der Waals surface area contributed by atoms with Crippen molar-refractivity contribution in [3.05, 3.63) is 50.5 Å². The Morgan fingerprint density at radius 2 is 2.19 bits per heavy atom. The fourth-order valence-corrected chi connectivity index (χ4v) is 3.72. The summed E-state index contributed by atoms with van der Waals surface area (Å²) in [4.78, 5) is 37.5. The van der Waals surface area contributed by atoms with Gasteiger partial charge in [0.2, 0.25) is 11.8 Å². The lowest BCUT2D eigenvalue weighted by Crippen LogP contribution is -2.24. The Bertz CT molecular complexity index is 1010. The predicted octanol–water partition coefficient (Wildman–Crippen LogP) is 2.25. The van der Waals surface area contributed by atoms with E-state index in [0.29, 0.717) is 30.1 Å². The molecule has 8 heteroatoms. The maximum atomic E-state index is 12.2. The second kappa shape index (κ2) is 7.65. The normalized spacial score (nSPS) is 10.9. The summed E-state index contributed by atoms with van der Waals surface area (Å²) in [7, 11) is 1.54. The van der Waals surface area contributed by atoms with Gasteiger partial charge in [-0.1, -0.05) is 6.07 Å². The molecule has 136 valence electrons. The van der Waals surface area contributed by atoms with Crippen LogP contribution in [0.5, 0.6) is 5.88 Å². The highest BCUT2D eigenvalue weighted by Crippen LogP contribution is 2.25. The number of ether oxygens (including phenoxy) is 1. The summed E-state index contributed by atoms with van der Waals surface area (Å²) in [5.41, 5.74) is 1.63. The lowest BCUT2D eigenvalue weighted by atomic mass is 10.2. The lowest BCUT2D eigenvalue weighted by molar-refractivity contribution is -0.121. The van der Waals surface area contributed by atoms with Gasteiger partial charge in [0.1, 0.15) is 10.7 Å². The number of nitrogens with one attached hydrogen (secondary N) is 2. The molecule has 0 radical (unpaired) electrons. The Hall–Kier alpha value is -2.74. The van der Waals surface area contributed by atoms with E-state index in [0.717, 1.165) is 20.8 Å². The summed E-state index contributed by atoms with van der Waals surface area (Å²) in [6, 6.07) is 3.64. The smallest absolute Gasteiger partial charge is 0.259 e. The fraction of sp³-hybridized carbons (Fsp3) is 0.333. The average molecular weight is 372 g/mol. The van der Waals surface area contributed by atoms with Crippen LogP contribution in [-0.4, -0.2) is 28.0 Å². The van der Waals surface area contributed by atoms with E-state index in [1.807, 2.05) is 19.9 Å². The van der Waals surface area contributed by atoms with Gasteiger partial charge < -0.3 is 15.0 Å². The number of nitrogens with zero attached hydrogens (tertiary/aromatic N) is 2. The number of methoxy groups -OCH3 is 1. The number of hydrogen-bond donors (Lipinski definition) is 2. The molecule has 0 unspecified atom stereocenters. The molecule has 0 atom stereocenters. The van der Waals surface area contributed by atoms with Crippen molar-refractivity contribution in [1.82, 2.24) is 20.3 Å². The zero-order valence-electron chi connectivity index (χ0n) is 14.9. The molecule has 0 aromatic carbocycles. The van der Waals surface area contributed by atoms with Gasteiger partial charge >= 0.3 is 0 Å². The summed E-state index contributed by atoms with van der Waals surface area (Å²) in [5, 5.41) is 3.48. The number of amides is 1. The zero-order valence-corrected chi connectivity index (χ0v) is 15.7. The zero-order chi connectivity index (χ0) is 18.7. The third kappa shape index (κ3) is 3.75. The number of fused-ring (bicyclic) bond motifs is 1. The van der Waals surface area contributed by atoms with Crippen molar-refractivity contribution in [2.24, 2.45) is 0 Å². The molecule has 0 aliphatic rings. The molecule has 0 bridgehead atoms. The second-order valence-electron chi connectivity index (χ2n) is 5.92. The molecule has 3 aromatic heterocycles. The molecule has 0 aliphatic carbocycles. The van der Waals surface area contributed by atoms with Gasteiger partial charge in [0, 0.05) is 36.0 Å². The van der Waals surface area contributed by atoms with Crippen molar-refractivity contribution >= 4 is 27.5 Å². The van der Waals surface area contributed by atoms with E-state index < -0.39 is 0 Å². The van der Waals surface area contributed by atoms with Crippen LogP contribution in [0.15, 0.2) is 23.1 Å². The largest absolute Gasteiger partial charge is 0.481 e. The quantitative estimate of drug-likeness (QED) is 0.692. The molecule has 0 aliphatic heterocycles. The van der Waals surface area contributed by atoms with Gasteiger partial charge in [0.05, 0.1) is 12.5 Å². The highest BCUT2D eigenvalue weighted by molar-refractivity contribution is 7.18. The van der Waals surface area contributed by atoms with Crippen LogP contribution < -0.4 is 15.6 Å². The maximum absolute atomic E-state index is 12.2. The Balaban J connectivity index is 1.63. The number of aryl methyl sites for hydroxylation is 3. The first-order chi connectivity index (χ1) is 12.5. The maximum Gasteiger partial charge on any atom is 0.259 e. The van der Waals surface area contributed by atoms with E-state index >= 15 is 0 Å². The Morgan fingerprint density at radius 1 is 1.38 bits per heavy atom. The average Bonchev–Trinajstić information content (AvgIpc) is 2.92. The van der Waals surface area contributed by atoms with Crippen LogP contribution in [-0.2, 0) is 17.8 Å². The molecule has 0 saturated heterocycles. The molecule has 7 nitrogen and oxygen atoms in total. The lowest BCUT2D eigenvalue weighted by Gasteiger charge is -2.08. The van der Waals surface area contributed by atoms with Gasteiger partial charge in [-0.05, 0) is 25.5 Å². The van der Waals surface area contributed by atoms with E-state index in [1.54, 1.807) is 19.4 Å². The van der Waals surface area contributed by atoms with Crippen molar-refractivity contribution in [1.29, 1.82) is 0 Å². The van der Waals surface area contributed by atoms with Crippen molar-refractivity contribution < 1.29 is 9.53 Å². The van der Waals surface area contributed by atoms with Gasteiger partial charge in [-0.25, -0.2) is 9.97 Å². The number of aromatic amines is 1. The van der Waals surface area contributed by atoms with Crippen LogP contribution in [0.2, 0.25) is 0 Å². The number of carbonyl (C=O) groups is 1. The van der Waals surface area contributed by atoms with Gasteiger partial charge in [-0.15, -0.1) is 11.3 Å². The SMILES string of the molecule is COc1ncccc1CNC(=O)CCc1nc2sc(C)c(C)c2c(=O)[nH]1. The van der Waals surface area contributed by atoms with Crippen LogP contribution in [0, 0.1) is 13.8 Å². The van der Waals surface area contributed by atoms with Gasteiger partial charge in [-0.3, -0.25) is 9.59 Å². The standard InChI is InChI=1S/C18H20N4O3S/c1-10-11(2)26-18-15(10)16(24)21-13(22-18)6-7-14(23)20-9-12-5-4-8-19-17(12)25-3/h4-5,8H,6-7,9H2,1-3H3,(H,20,23)(H,21,22,24). The Morgan fingerprint density at radius 3 is 2.96 bits per heavy atom. The third-order valence-corrected chi connectivity index (χ3v) is 5.30. The summed E-state index contributed by atoms with van der Waals surface area (Å²) in [6.45, 7) is 4.23. The summed E-state index contributed by atoms with van der Waals surface area (Å²) in [5.74, 6) is 0.891. The van der Waals surface area contributed by atoms with Crippen LogP contribution in [0.1, 0.15) is 28.2 Å². The first kappa shape index (κ1) is 18.1. The second-order valence-corrected chi connectivity index (χ2v) is 7.13. The molecular formula is C18H20N4O3S. The summed E-state index contributed by atoms with van der Waals surface area (Å²) >= 11 is 1.50. The molecular weight excluding hydrogens is 352 g/mol. The van der Waals surface area contributed by atoms with Gasteiger partial charge in [0.15, 0.2) is 0 Å². The molecule has 3 aromatic rings. The van der Waals surface area contributed by atoms with E-state index in [4.69, 9.17) is 4.74 Å². The molecule has 3 heterocycles. The summed E-state index contributed by atoms with van der Waals surface area (Å²) in [6.07, 6.45) is 2.24. The molecule has 0 fully saturated rings. The van der Waals surface area contributed by atoms with E-state index in [-0.39, 0.29) is 17.9 Å². The summed E-state index contributed by atoms with van der Waals surface area (Å²) < 4.78 is 5.16. The number of rotatable bonds is 6. The predicted molar refractivity (Wildman–Crippen MR) is 101 cm³/mol. The number of aromatic nitrogens is 3. The number of H-pyrrole nitrogens is 1. The van der Waals surface area contributed by atoms with Crippen LogP contribution in [0.25, 0.3) is 10.2 Å². The van der Waals surface area contributed by atoms with E-state index in [2.05, 4.69) is 20.3 Å². The molecule has 2 N–H and O–H groups in total. The van der Waals surface area contributed by atoms with Gasteiger partial charge in [-0.2, -0.15) is 0 Å². The minimum atomic E-state index is -0.146. The monoisotopic (exact) mass is 372 g/mol. The van der Waals surface area contributed by atoms with Gasteiger partial charge in [0.25, 0.3) is 5.56 Å². The topological polar surface area (TPSA) is 97.0 Å². The van der Waals surface area contributed by atoms with Crippen LogP contribution >= 0.6 is 11.3 Å². The number of pyridine rings is 1. The van der Waals surface area contributed by atoms with Crippen molar-refractivity contribution in [2.75, 3.05) is 7.11 Å². The molecule has 0 saturated carbocycles. The first-order valence-corrected chi connectivity index (χ1v) is 9.04. The molecule has 1 amide bonds. The number of hydrogen-bond acceptors (Lipinski definition) is 6.